The molecule has 0 aliphatic rings. The van der Waals surface area contributed by atoms with Gasteiger partial charge in [-0.05, 0) is 19.9 Å². The Morgan fingerprint density at radius 2 is 2.38 bits per heavy atom. The van der Waals surface area contributed by atoms with Crippen LogP contribution < -0.4 is 0 Å². The van der Waals surface area contributed by atoms with Crippen molar-refractivity contribution < 1.29 is 13.9 Å². The standard InChI is InChI=1S/C12H13NO3/c1-3-15-12(14)8(2)9-5-4-6-10-11(9)16-7-13-10/h4-8H,3H2,1-2H3. The fourth-order valence-corrected chi connectivity index (χ4v) is 1.64. The molecule has 2 aromatic rings. The van der Waals surface area contributed by atoms with Gasteiger partial charge < -0.3 is 9.15 Å². The van der Waals surface area contributed by atoms with Gasteiger partial charge in [0.05, 0.1) is 12.5 Å². The molecule has 0 saturated carbocycles. The molecule has 0 radical (unpaired) electrons. The fraction of sp³-hybridized carbons (Fsp3) is 0.333. The maximum Gasteiger partial charge on any atom is 0.313 e. The molecule has 0 amide bonds. The van der Waals surface area contributed by atoms with E-state index in [1.807, 2.05) is 18.2 Å². The quantitative estimate of drug-likeness (QED) is 0.744. The van der Waals surface area contributed by atoms with Gasteiger partial charge in [0.25, 0.3) is 0 Å². The average molecular weight is 219 g/mol. The molecular weight excluding hydrogens is 206 g/mol. The third-order valence-electron chi connectivity index (χ3n) is 2.49. The molecule has 1 aromatic heterocycles. The second kappa shape index (κ2) is 4.35. The van der Waals surface area contributed by atoms with Crippen LogP contribution in [-0.2, 0) is 9.53 Å². The molecule has 16 heavy (non-hydrogen) atoms. The second-order valence-electron chi connectivity index (χ2n) is 3.52. The molecule has 0 aliphatic carbocycles. The monoisotopic (exact) mass is 219 g/mol. The highest BCUT2D eigenvalue weighted by Gasteiger charge is 2.20. The summed E-state index contributed by atoms with van der Waals surface area (Å²) in [5.74, 6) is -0.581. The van der Waals surface area contributed by atoms with E-state index in [0.29, 0.717) is 12.2 Å². The smallest absolute Gasteiger partial charge is 0.313 e. The topological polar surface area (TPSA) is 52.3 Å². The van der Waals surface area contributed by atoms with Gasteiger partial charge in [0.15, 0.2) is 12.0 Å². The van der Waals surface area contributed by atoms with Crippen molar-refractivity contribution in [1.29, 1.82) is 0 Å². The summed E-state index contributed by atoms with van der Waals surface area (Å²) in [7, 11) is 0. The van der Waals surface area contributed by atoms with Crippen molar-refractivity contribution in [3.63, 3.8) is 0 Å². The minimum atomic E-state index is -0.336. The molecule has 0 spiro atoms. The fourth-order valence-electron chi connectivity index (χ4n) is 1.64. The van der Waals surface area contributed by atoms with Crippen LogP contribution in [0.4, 0.5) is 0 Å². The van der Waals surface area contributed by atoms with Gasteiger partial charge in [0.1, 0.15) is 5.52 Å². The van der Waals surface area contributed by atoms with Gasteiger partial charge in [0, 0.05) is 5.56 Å². The summed E-state index contributed by atoms with van der Waals surface area (Å²) in [6.07, 6.45) is 1.38. The highest BCUT2D eigenvalue weighted by molar-refractivity contribution is 5.85. The summed E-state index contributed by atoms with van der Waals surface area (Å²) in [6, 6.07) is 5.56. The molecule has 4 nitrogen and oxygen atoms in total. The van der Waals surface area contributed by atoms with Crippen LogP contribution in [0.15, 0.2) is 29.0 Å². The van der Waals surface area contributed by atoms with Crippen molar-refractivity contribution in [3.05, 3.63) is 30.2 Å². The first-order valence-corrected chi connectivity index (χ1v) is 5.22. The Hall–Kier alpha value is -1.84. The summed E-state index contributed by atoms with van der Waals surface area (Å²) in [5.41, 5.74) is 2.23. The first-order valence-electron chi connectivity index (χ1n) is 5.22. The molecule has 1 heterocycles. The van der Waals surface area contributed by atoms with Crippen LogP contribution in [0.1, 0.15) is 25.3 Å². The summed E-state index contributed by atoms with van der Waals surface area (Å²) in [6.45, 7) is 3.98. The lowest BCUT2D eigenvalue weighted by Gasteiger charge is -2.10. The van der Waals surface area contributed by atoms with Crippen molar-refractivity contribution in [2.45, 2.75) is 19.8 Å². The molecule has 0 saturated heterocycles. The van der Waals surface area contributed by atoms with Crippen LogP contribution in [-0.4, -0.2) is 17.6 Å². The molecular formula is C12H13NO3. The van der Waals surface area contributed by atoms with Gasteiger partial charge in [-0.1, -0.05) is 12.1 Å². The number of nitrogens with zero attached hydrogens (tertiary/aromatic N) is 1. The van der Waals surface area contributed by atoms with Crippen LogP contribution >= 0.6 is 0 Å². The normalized spacial score (nSPS) is 12.6. The van der Waals surface area contributed by atoms with Crippen molar-refractivity contribution in [1.82, 2.24) is 4.98 Å². The zero-order chi connectivity index (χ0) is 11.5. The van der Waals surface area contributed by atoms with Gasteiger partial charge in [-0.2, -0.15) is 0 Å². The Kier molecular flexibility index (Phi) is 2.90. The summed E-state index contributed by atoms with van der Waals surface area (Å²) in [5, 5.41) is 0. The van der Waals surface area contributed by atoms with Crippen LogP contribution in [0.3, 0.4) is 0 Å². The van der Waals surface area contributed by atoms with Gasteiger partial charge in [0.2, 0.25) is 0 Å². The average Bonchev–Trinajstić information content (AvgIpc) is 2.76. The number of aromatic nitrogens is 1. The van der Waals surface area contributed by atoms with Crippen LogP contribution in [0.5, 0.6) is 0 Å². The Labute approximate surface area is 93.2 Å². The van der Waals surface area contributed by atoms with Crippen LogP contribution in [0.25, 0.3) is 11.1 Å². The highest BCUT2D eigenvalue weighted by Crippen LogP contribution is 2.25. The number of carbonyl (C=O) groups excluding carboxylic acids is 1. The first-order chi connectivity index (χ1) is 7.74. The van der Waals surface area contributed by atoms with Gasteiger partial charge in [-0.3, -0.25) is 4.79 Å². The zero-order valence-corrected chi connectivity index (χ0v) is 9.27. The predicted molar refractivity (Wildman–Crippen MR) is 59.1 cm³/mol. The van der Waals surface area contributed by atoms with E-state index in [2.05, 4.69) is 4.98 Å². The van der Waals surface area contributed by atoms with E-state index in [4.69, 9.17) is 9.15 Å². The van der Waals surface area contributed by atoms with E-state index < -0.39 is 0 Å². The number of ether oxygens (including phenoxy) is 1. The van der Waals surface area contributed by atoms with Crippen molar-refractivity contribution >= 4 is 17.1 Å². The zero-order valence-electron chi connectivity index (χ0n) is 9.27. The van der Waals surface area contributed by atoms with E-state index in [1.54, 1.807) is 13.8 Å². The van der Waals surface area contributed by atoms with Gasteiger partial charge in [-0.25, -0.2) is 4.98 Å². The van der Waals surface area contributed by atoms with Crippen molar-refractivity contribution in [3.8, 4) is 0 Å². The molecule has 1 atom stereocenters. The number of carbonyl (C=O) groups is 1. The third kappa shape index (κ3) is 1.78. The van der Waals surface area contributed by atoms with Crippen molar-refractivity contribution in [2.24, 2.45) is 0 Å². The van der Waals surface area contributed by atoms with E-state index in [0.717, 1.165) is 11.1 Å². The van der Waals surface area contributed by atoms with Gasteiger partial charge >= 0.3 is 5.97 Å². The maximum atomic E-state index is 11.6. The summed E-state index contributed by atoms with van der Waals surface area (Å²) < 4.78 is 10.3. The Balaban J connectivity index is 2.39. The Morgan fingerprint density at radius 1 is 1.56 bits per heavy atom. The second-order valence-corrected chi connectivity index (χ2v) is 3.52. The Morgan fingerprint density at radius 3 is 3.12 bits per heavy atom. The minimum Gasteiger partial charge on any atom is -0.466 e. The molecule has 0 fully saturated rings. The van der Waals surface area contributed by atoms with E-state index in [1.165, 1.54) is 6.39 Å². The minimum absolute atomic E-state index is 0.244. The summed E-state index contributed by atoms with van der Waals surface area (Å²) >= 11 is 0. The molecule has 84 valence electrons. The largest absolute Gasteiger partial charge is 0.466 e. The van der Waals surface area contributed by atoms with Gasteiger partial charge in [-0.15, -0.1) is 0 Å². The first kappa shape index (κ1) is 10.7. The van der Waals surface area contributed by atoms with E-state index >= 15 is 0 Å². The lowest BCUT2D eigenvalue weighted by molar-refractivity contribution is -0.144. The third-order valence-corrected chi connectivity index (χ3v) is 2.49. The maximum absolute atomic E-state index is 11.6. The van der Waals surface area contributed by atoms with Crippen LogP contribution in [0, 0.1) is 0 Å². The number of benzene rings is 1. The van der Waals surface area contributed by atoms with E-state index in [-0.39, 0.29) is 11.9 Å². The number of hydrogen-bond acceptors (Lipinski definition) is 4. The number of para-hydroxylation sites is 1. The molecule has 0 N–H and O–H groups in total. The SMILES string of the molecule is CCOC(=O)C(C)c1cccc2ncoc12. The lowest BCUT2D eigenvalue weighted by atomic mass is 10.0. The lowest BCUT2D eigenvalue weighted by Crippen LogP contribution is -2.13. The molecule has 0 aliphatic heterocycles. The molecule has 2 rings (SSSR count). The molecule has 1 unspecified atom stereocenters. The van der Waals surface area contributed by atoms with E-state index in [9.17, 15) is 4.79 Å². The Bertz CT molecular complexity index is 504. The number of fused-ring (bicyclic) bond motifs is 1. The predicted octanol–water partition coefficient (Wildman–Crippen LogP) is 2.49. The van der Waals surface area contributed by atoms with Crippen LogP contribution in [0.2, 0.25) is 0 Å². The van der Waals surface area contributed by atoms with Crippen molar-refractivity contribution in [2.75, 3.05) is 6.61 Å². The highest BCUT2D eigenvalue weighted by atomic mass is 16.5. The number of hydrogen-bond donors (Lipinski definition) is 0. The number of oxazole rings is 1. The molecule has 0 bridgehead atoms. The molecule has 4 heteroatoms. The molecule has 1 aromatic carbocycles. The number of esters is 1. The number of rotatable bonds is 3. The summed E-state index contributed by atoms with van der Waals surface area (Å²) in [4.78, 5) is 15.7.